The summed E-state index contributed by atoms with van der Waals surface area (Å²) in [7, 11) is 3.31. The van der Waals surface area contributed by atoms with Crippen molar-refractivity contribution < 1.29 is 9.53 Å². The topological polar surface area (TPSA) is 56.2 Å². The van der Waals surface area contributed by atoms with Crippen LogP contribution in [0.5, 0.6) is 0 Å². The quantitative estimate of drug-likeness (QED) is 0.522. The van der Waals surface area contributed by atoms with Crippen molar-refractivity contribution in [3.8, 4) is 11.1 Å². The number of rotatable bonds is 5. The maximum atomic E-state index is 11.6. The molecule has 4 rings (SSSR count). The molecule has 5 nitrogen and oxygen atoms in total. The number of ether oxygens (including phenoxy) is 1. The highest BCUT2D eigenvalue weighted by molar-refractivity contribution is 5.94. The first-order valence-corrected chi connectivity index (χ1v) is 9.09. The van der Waals surface area contributed by atoms with Gasteiger partial charge >= 0.3 is 5.97 Å². The molecule has 0 saturated heterocycles. The van der Waals surface area contributed by atoms with Crippen molar-refractivity contribution in [2.24, 2.45) is 0 Å². The first-order chi connectivity index (χ1) is 13.7. The maximum Gasteiger partial charge on any atom is 0.337 e. The highest BCUT2D eigenvalue weighted by Crippen LogP contribution is 2.30. The fourth-order valence-corrected chi connectivity index (χ4v) is 3.37. The molecule has 1 N–H and O–H groups in total. The highest BCUT2D eigenvalue weighted by atomic mass is 16.5. The standard InChI is InChI=1S/C23H21N3O2/c1-24-19-5-3-4-18(14-19)20-10-12-25-22-21(20)11-13-26(22)15-16-6-8-17(9-7-16)23(27)28-2/h3-14,24H,15H2,1-2H3. The van der Waals surface area contributed by atoms with Crippen molar-refractivity contribution in [1.82, 2.24) is 9.55 Å². The number of fused-ring (bicyclic) bond motifs is 1. The van der Waals surface area contributed by atoms with E-state index in [0.29, 0.717) is 12.1 Å². The normalized spacial score (nSPS) is 10.8. The van der Waals surface area contributed by atoms with Gasteiger partial charge in [-0.3, -0.25) is 0 Å². The van der Waals surface area contributed by atoms with Gasteiger partial charge in [-0.2, -0.15) is 0 Å². The van der Waals surface area contributed by atoms with Crippen LogP contribution in [-0.2, 0) is 11.3 Å². The molecule has 28 heavy (non-hydrogen) atoms. The lowest BCUT2D eigenvalue weighted by molar-refractivity contribution is 0.0600. The molecular weight excluding hydrogens is 350 g/mol. The lowest BCUT2D eigenvalue weighted by Gasteiger charge is -2.09. The van der Waals surface area contributed by atoms with Gasteiger partial charge in [-0.05, 0) is 53.1 Å². The molecule has 0 saturated carbocycles. The number of anilines is 1. The van der Waals surface area contributed by atoms with E-state index in [-0.39, 0.29) is 5.97 Å². The summed E-state index contributed by atoms with van der Waals surface area (Å²) in [6, 6.07) is 20.0. The zero-order valence-corrected chi connectivity index (χ0v) is 15.8. The van der Waals surface area contributed by atoms with Gasteiger partial charge in [0.05, 0.1) is 12.7 Å². The van der Waals surface area contributed by atoms with E-state index in [4.69, 9.17) is 4.74 Å². The number of nitrogens with one attached hydrogen (secondary N) is 1. The molecule has 0 aliphatic rings. The summed E-state index contributed by atoms with van der Waals surface area (Å²) in [4.78, 5) is 16.2. The van der Waals surface area contributed by atoms with E-state index in [0.717, 1.165) is 33.4 Å². The van der Waals surface area contributed by atoms with Gasteiger partial charge in [0.2, 0.25) is 0 Å². The summed E-state index contributed by atoms with van der Waals surface area (Å²) in [6.45, 7) is 0.679. The Bertz CT molecular complexity index is 1130. The van der Waals surface area contributed by atoms with E-state index in [1.807, 2.05) is 43.6 Å². The summed E-state index contributed by atoms with van der Waals surface area (Å²) < 4.78 is 6.87. The minimum Gasteiger partial charge on any atom is -0.465 e. The van der Waals surface area contributed by atoms with E-state index in [9.17, 15) is 4.79 Å². The van der Waals surface area contributed by atoms with Crippen LogP contribution in [-0.4, -0.2) is 29.7 Å². The molecule has 0 aliphatic heterocycles. The molecule has 2 heterocycles. The Balaban J connectivity index is 1.67. The second-order valence-corrected chi connectivity index (χ2v) is 6.56. The average molecular weight is 371 g/mol. The Morgan fingerprint density at radius 1 is 1.11 bits per heavy atom. The van der Waals surface area contributed by atoms with Crippen molar-refractivity contribution in [3.05, 3.63) is 84.2 Å². The van der Waals surface area contributed by atoms with Gasteiger partial charge in [0.15, 0.2) is 0 Å². The summed E-state index contributed by atoms with van der Waals surface area (Å²) in [6.07, 6.45) is 3.90. The molecule has 0 radical (unpaired) electrons. The molecule has 0 atom stereocenters. The third-order valence-corrected chi connectivity index (χ3v) is 4.85. The van der Waals surface area contributed by atoms with E-state index in [1.54, 1.807) is 12.1 Å². The number of esters is 1. The van der Waals surface area contributed by atoms with Crippen LogP contribution in [0.1, 0.15) is 15.9 Å². The van der Waals surface area contributed by atoms with Crippen LogP contribution in [0, 0.1) is 0 Å². The number of hydrogen-bond donors (Lipinski definition) is 1. The molecule has 4 aromatic rings. The van der Waals surface area contributed by atoms with E-state index >= 15 is 0 Å². The van der Waals surface area contributed by atoms with Gasteiger partial charge in [0, 0.05) is 37.1 Å². The first kappa shape index (κ1) is 17.8. The molecule has 2 aromatic heterocycles. The summed E-state index contributed by atoms with van der Waals surface area (Å²) >= 11 is 0. The lowest BCUT2D eigenvalue weighted by atomic mass is 10.0. The largest absolute Gasteiger partial charge is 0.465 e. The molecule has 0 unspecified atom stereocenters. The fraction of sp³-hybridized carbons (Fsp3) is 0.130. The van der Waals surface area contributed by atoms with Crippen molar-refractivity contribution in [2.45, 2.75) is 6.54 Å². The molecule has 140 valence electrons. The van der Waals surface area contributed by atoms with Gasteiger partial charge in [-0.15, -0.1) is 0 Å². The van der Waals surface area contributed by atoms with Crippen LogP contribution in [0.2, 0.25) is 0 Å². The van der Waals surface area contributed by atoms with Crippen molar-refractivity contribution in [2.75, 3.05) is 19.5 Å². The zero-order chi connectivity index (χ0) is 19.5. The second kappa shape index (κ2) is 7.56. The third-order valence-electron chi connectivity index (χ3n) is 4.85. The van der Waals surface area contributed by atoms with Crippen LogP contribution >= 0.6 is 0 Å². The Hall–Kier alpha value is -3.60. The van der Waals surface area contributed by atoms with Crippen molar-refractivity contribution in [3.63, 3.8) is 0 Å². The van der Waals surface area contributed by atoms with Gasteiger partial charge in [0.25, 0.3) is 0 Å². The Labute approximate surface area is 163 Å². The molecule has 0 aliphatic carbocycles. The Kier molecular flexibility index (Phi) is 4.81. The minimum absolute atomic E-state index is 0.326. The predicted molar refractivity (Wildman–Crippen MR) is 112 cm³/mol. The van der Waals surface area contributed by atoms with Crippen LogP contribution < -0.4 is 5.32 Å². The molecule has 0 spiro atoms. The molecule has 0 amide bonds. The van der Waals surface area contributed by atoms with Gasteiger partial charge < -0.3 is 14.6 Å². The summed E-state index contributed by atoms with van der Waals surface area (Å²) in [5.74, 6) is -0.326. The lowest BCUT2D eigenvalue weighted by Crippen LogP contribution is -2.03. The number of methoxy groups -OCH3 is 1. The molecular formula is C23H21N3O2. The summed E-state index contributed by atoms with van der Waals surface area (Å²) in [5, 5.41) is 4.30. The number of hydrogen-bond acceptors (Lipinski definition) is 4. The maximum absolute atomic E-state index is 11.6. The highest BCUT2D eigenvalue weighted by Gasteiger charge is 2.10. The van der Waals surface area contributed by atoms with E-state index in [1.165, 1.54) is 7.11 Å². The van der Waals surface area contributed by atoms with Crippen LogP contribution in [0.25, 0.3) is 22.2 Å². The fourth-order valence-electron chi connectivity index (χ4n) is 3.37. The molecule has 5 heteroatoms. The SMILES string of the molecule is CNc1cccc(-c2ccnc3c2ccn3Cc2ccc(C(=O)OC)cc2)c1. The monoisotopic (exact) mass is 371 g/mol. The predicted octanol–water partition coefficient (Wildman–Crippen LogP) is 4.58. The second-order valence-electron chi connectivity index (χ2n) is 6.56. The van der Waals surface area contributed by atoms with E-state index < -0.39 is 0 Å². The van der Waals surface area contributed by atoms with Gasteiger partial charge in [-0.1, -0.05) is 24.3 Å². The smallest absolute Gasteiger partial charge is 0.337 e. The summed E-state index contributed by atoms with van der Waals surface area (Å²) in [5.41, 5.74) is 5.96. The van der Waals surface area contributed by atoms with Crippen LogP contribution in [0.3, 0.4) is 0 Å². The van der Waals surface area contributed by atoms with Crippen molar-refractivity contribution >= 4 is 22.7 Å². The van der Waals surface area contributed by atoms with Gasteiger partial charge in [0.1, 0.15) is 5.65 Å². The minimum atomic E-state index is -0.326. The number of nitrogens with zero attached hydrogens (tertiary/aromatic N) is 2. The number of aromatic nitrogens is 2. The Morgan fingerprint density at radius 2 is 1.93 bits per heavy atom. The average Bonchev–Trinajstić information content (AvgIpc) is 3.16. The van der Waals surface area contributed by atoms with Crippen LogP contribution in [0.4, 0.5) is 5.69 Å². The number of benzene rings is 2. The van der Waals surface area contributed by atoms with Crippen LogP contribution in [0.15, 0.2) is 73.1 Å². The third kappa shape index (κ3) is 3.34. The zero-order valence-electron chi connectivity index (χ0n) is 15.8. The molecule has 0 bridgehead atoms. The number of carbonyl (C=O) groups is 1. The molecule has 0 fully saturated rings. The Morgan fingerprint density at radius 3 is 2.68 bits per heavy atom. The van der Waals surface area contributed by atoms with Crippen molar-refractivity contribution in [1.29, 1.82) is 0 Å². The van der Waals surface area contributed by atoms with E-state index in [2.05, 4.69) is 39.3 Å². The number of carbonyl (C=O) groups excluding carboxylic acids is 1. The first-order valence-electron chi connectivity index (χ1n) is 9.09. The van der Waals surface area contributed by atoms with Gasteiger partial charge in [-0.25, -0.2) is 9.78 Å². The molecule has 2 aromatic carbocycles. The number of pyridine rings is 1.